The predicted molar refractivity (Wildman–Crippen MR) is 49.5 cm³/mol. The predicted octanol–water partition coefficient (Wildman–Crippen LogP) is 2.37. The summed E-state index contributed by atoms with van der Waals surface area (Å²) in [5, 5.41) is 9.85. The summed E-state index contributed by atoms with van der Waals surface area (Å²) in [4.78, 5) is 0. The first-order valence-electron chi connectivity index (χ1n) is 3.59. The standard InChI is InChI=1S/C8H5BrFN3/c9-5-2-1-3-6(10)8(5)7-4-11-13-12-7/h1-4H,(H,11,12,13). The number of nitrogens with one attached hydrogen (secondary N) is 1. The normalized spacial score (nSPS) is 10.3. The Morgan fingerprint density at radius 3 is 2.85 bits per heavy atom. The summed E-state index contributed by atoms with van der Waals surface area (Å²) in [6.07, 6.45) is 1.48. The Bertz CT molecular complexity index is 393. The Morgan fingerprint density at radius 2 is 2.23 bits per heavy atom. The molecule has 0 spiro atoms. The van der Waals surface area contributed by atoms with Gasteiger partial charge in [0.25, 0.3) is 0 Å². The van der Waals surface area contributed by atoms with Crippen molar-refractivity contribution in [2.24, 2.45) is 0 Å². The molecule has 3 nitrogen and oxygen atoms in total. The molecule has 1 heterocycles. The van der Waals surface area contributed by atoms with Crippen molar-refractivity contribution in [3.8, 4) is 11.3 Å². The van der Waals surface area contributed by atoms with Crippen LogP contribution in [-0.4, -0.2) is 15.4 Å². The summed E-state index contributed by atoms with van der Waals surface area (Å²) in [7, 11) is 0. The van der Waals surface area contributed by atoms with Crippen LogP contribution in [0.15, 0.2) is 28.9 Å². The maximum atomic E-state index is 13.3. The van der Waals surface area contributed by atoms with Crippen molar-refractivity contribution in [2.75, 3.05) is 0 Å². The van der Waals surface area contributed by atoms with Crippen LogP contribution in [0.25, 0.3) is 11.3 Å². The number of hydrogen-bond donors (Lipinski definition) is 1. The number of rotatable bonds is 1. The third-order valence-electron chi connectivity index (χ3n) is 1.63. The van der Waals surface area contributed by atoms with Gasteiger partial charge in [0, 0.05) is 4.47 Å². The fraction of sp³-hybridized carbons (Fsp3) is 0. The zero-order valence-electron chi connectivity index (χ0n) is 6.46. The van der Waals surface area contributed by atoms with Crippen molar-refractivity contribution in [1.29, 1.82) is 0 Å². The Kier molecular flexibility index (Phi) is 2.10. The third kappa shape index (κ3) is 1.47. The van der Waals surface area contributed by atoms with Crippen molar-refractivity contribution in [2.45, 2.75) is 0 Å². The molecule has 1 N–H and O–H groups in total. The van der Waals surface area contributed by atoms with Gasteiger partial charge < -0.3 is 0 Å². The topological polar surface area (TPSA) is 41.6 Å². The molecule has 0 unspecified atom stereocenters. The number of H-pyrrole nitrogens is 1. The quantitative estimate of drug-likeness (QED) is 0.833. The van der Waals surface area contributed by atoms with E-state index in [1.165, 1.54) is 12.3 Å². The second-order valence-corrected chi connectivity index (χ2v) is 3.31. The average molecular weight is 242 g/mol. The highest BCUT2D eigenvalue weighted by Gasteiger charge is 2.10. The summed E-state index contributed by atoms with van der Waals surface area (Å²) < 4.78 is 14.0. The van der Waals surface area contributed by atoms with Gasteiger partial charge in [-0.15, -0.1) is 0 Å². The molecule has 0 aliphatic heterocycles. The summed E-state index contributed by atoms with van der Waals surface area (Å²) in [6, 6.07) is 4.77. The maximum Gasteiger partial charge on any atom is 0.133 e. The molecule has 0 saturated heterocycles. The second-order valence-electron chi connectivity index (χ2n) is 2.45. The van der Waals surface area contributed by atoms with Crippen LogP contribution in [0.3, 0.4) is 0 Å². The molecule has 0 fully saturated rings. The Labute approximate surface area is 82.1 Å². The minimum absolute atomic E-state index is 0.316. The molecule has 1 aromatic carbocycles. The van der Waals surface area contributed by atoms with Crippen LogP contribution in [0.1, 0.15) is 0 Å². The molecule has 1 aromatic heterocycles. The van der Waals surface area contributed by atoms with Crippen molar-refractivity contribution in [1.82, 2.24) is 15.4 Å². The lowest BCUT2D eigenvalue weighted by molar-refractivity contribution is 0.630. The molecule has 0 saturated carbocycles. The van der Waals surface area contributed by atoms with Crippen molar-refractivity contribution in [3.05, 3.63) is 34.7 Å². The van der Waals surface area contributed by atoms with Gasteiger partial charge in [-0.05, 0) is 28.1 Å². The smallest absolute Gasteiger partial charge is 0.133 e. The van der Waals surface area contributed by atoms with Gasteiger partial charge in [-0.25, -0.2) is 4.39 Å². The van der Waals surface area contributed by atoms with E-state index in [-0.39, 0.29) is 5.82 Å². The summed E-state index contributed by atoms with van der Waals surface area (Å²) >= 11 is 3.25. The third-order valence-corrected chi connectivity index (χ3v) is 2.29. The van der Waals surface area contributed by atoms with E-state index >= 15 is 0 Å². The van der Waals surface area contributed by atoms with Crippen LogP contribution in [-0.2, 0) is 0 Å². The lowest BCUT2D eigenvalue weighted by atomic mass is 10.1. The molecular formula is C8H5BrFN3. The van der Waals surface area contributed by atoms with E-state index < -0.39 is 0 Å². The summed E-state index contributed by atoms with van der Waals surface area (Å²) in [6.45, 7) is 0. The van der Waals surface area contributed by atoms with Crippen LogP contribution in [0.2, 0.25) is 0 Å². The number of nitrogens with zero attached hydrogens (tertiary/aromatic N) is 2. The van der Waals surface area contributed by atoms with Gasteiger partial charge in [-0.3, -0.25) is 0 Å². The molecule has 0 amide bonds. The molecular weight excluding hydrogens is 237 g/mol. The van der Waals surface area contributed by atoms with E-state index in [9.17, 15) is 4.39 Å². The molecule has 5 heteroatoms. The van der Waals surface area contributed by atoms with E-state index in [0.29, 0.717) is 15.7 Å². The number of aromatic nitrogens is 3. The second kappa shape index (κ2) is 3.26. The summed E-state index contributed by atoms with van der Waals surface area (Å²) in [5.41, 5.74) is 0.918. The molecule has 0 atom stereocenters. The highest BCUT2D eigenvalue weighted by molar-refractivity contribution is 9.10. The zero-order valence-corrected chi connectivity index (χ0v) is 8.05. The maximum absolute atomic E-state index is 13.3. The molecule has 66 valence electrons. The van der Waals surface area contributed by atoms with Crippen molar-refractivity contribution >= 4 is 15.9 Å². The minimum Gasteiger partial charge on any atom is -0.206 e. The minimum atomic E-state index is -0.316. The number of hydrogen-bond acceptors (Lipinski definition) is 2. The van der Waals surface area contributed by atoms with Gasteiger partial charge in [-0.2, -0.15) is 15.4 Å². The Balaban J connectivity index is 2.64. The van der Waals surface area contributed by atoms with E-state index in [0.717, 1.165) is 0 Å². The zero-order chi connectivity index (χ0) is 9.26. The molecule has 2 rings (SSSR count). The molecule has 2 aromatic rings. The molecule has 0 bridgehead atoms. The lowest BCUT2D eigenvalue weighted by Crippen LogP contribution is -1.85. The highest BCUT2D eigenvalue weighted by atomic mass is 79.9. The van der Waals surface area contributed by atoms with Crippen LogP contribution < -0.4 is 0 Å². The molecule has 13 heavy (non-hydrogen) atoms. The number of halogens is 2. The van der Waals surface area contributed by atoms with Crippen molar-refractivity contribution < 1.29 is 4.39 Å². The van der Waals surface area contributed by atoms with Gasteiger partial charge >= 0.3 is 0 Å². The van der Waals surface area contributed by atoms with Crippen molar-refractivity contribution in [3.63, 3.8) is 0 Å². The SMILES string of the molecule is Fc1cccc(Br)c1-c1cn[nH]n1. The first-order valence-corrected chi connectivity index (χ1v) is 4.38. The van der Waals surface area contributed by atoms with E-state index in [2.05, 4.69) is 31.3 Å². The van der Waals surface area contributed by atoms with Crippen LogP contribution in [0.4, 0.5) is 4.39 Å². The number of benzene rings is 1. The van der Waals surface area contributed by atoms with Gasteiger partial charge in [0.05, 0.1) is 11.8 Å². The van der Waals surface area contributed by atoms with Crippen LogP contribution in [0.5, 0.6) is 0 Å². The Morgan fingerprint density at radius 1 is 1.38 bits per heavy atom. The largest absolute Gasteiger partial charge is 0.206 e. The number of aromatic amines is 1. The first kappa shape index (κ1) is 8.37. The van der Waals surface area contributed by atoms with Crippen LogP contribution in [0, 0.1) is 5.82 Å². The molecule has 0 aliphatic rings. The highest BCUT2D eigenvalue weighted by Crippen LogP contribution is 2.28. The molecule has 0 radical (unpaired) electrons. The average Bonchev–Trinajstić information content (AvgIpc) is 2.57. The van der Waals surface area contributed by atoms with E-state index in [1.54, 1.807) is 12.1 Å². The van der Waals surface area contributed by atoms with Gasteiger partial charge in [0.1, 0.15) is 11.5 Å². The van der Waals surface area contributed by atoms with Crippen LogP contribution >= 0.6 is 15.9 Å². The molecule has 0 aliphatic carbocycles. The van der Waals surface area contributed by atoms with E-state index in [4.69, 9.17) is 0 Å². The van der Waals surface area contributed by atoms with Gasteiger partial charge in [-0.1, -0.05) is 6.07 Å². The van der Waals surface area contributed by atoms with Gasteiger partial charge in [0.2, 0.25) is 0 Å². The fourth-order valence-corrected chi connectivity index (χ4v) is 1.61. The van der Waals surface area contributed by atoms with E-state index in [1.807, 2.05) is 0 Å². The first-order chi connectivity index (χ1) is 6.29. The Hall–Kier alpha value is -1.23. The lowest BCUT2D eigenvalue weighted by Gasteiger charge is -2.00. The van der Waals surface area contributed by atoms with Gasteiger partial charge in [0.15, 0.2) is 0 Å². The summed E-state index contributed by atoms with van der Waals surface area (Å²) in [5.74, 6) is -0.316. The fourth-order valence-electron chi connectivity index (χ4n) is 1.06. The monoisotopic (exact) mass is 241 g/mol.